The molecule has 1 N–H and O–H groups in total. The molecule has 0 saturated carbocycles. The highest BCUT2D eigenvalue weighted by molar-refractivity contribution is 5.73. The van der Waals surface area contributed by atoms with Crippen molar-refractivity contribution in [2.75, 3.05) is 14.2 Å². The van der Waals surface area contributed by atoms with Crippen LogP contribution in [0.2, 0.25) is 0 Å². The molecule has 5 heteroatoms. The molecule has 0 radical (unpaired) electrons. The molecule has 106 valence electrons. The number of carbonyl (C=O) groups excluding carboxylic acids is 1. The third-order valence-corrected chi connectivity index (χ3v) is 3.06. The fourth-order valence-corrected chi connectivity index (χ4v) is 1.90. The summed E-state index contributed by atoms with van der Waals surface area (Å²) in [5.41, 5.74) is 0.590. The van der Waals surface area contributed by atoms with E-state index in [2.05, 4.69) is 4.98 Å². The number of aromatic nitrogens is 1. The summed E-state index contributed by atoms with van der Waals surface area (Å²) in [7, 11) is 2.86. The van der Waals surface area contributed by atoms with Crippen LogP contribution in [0.3, 0.4) is 0 Å². The molecule has 5 nitrogen and oxygen atoms in total. The standard InChI is InChI=1S/C14H21NO4/c1-4-5-6-11(14(17)19-3)13(16)10-7-8-12(18-2)15-9-10/h7-9,11,13,16H,4-6H2,1-3H3. The average Bonchev–Trinajstić information content (AvgIpc) is 2.47. The van der Waals surface area contributed by atoms with Gasteiger partial charge in [0.15, 0.2) is 0 Å². The van der Waals surface area contributed by atoms with Crippen LogP contribution in [0.25, 0.3) is 0 Å². The predicted molar refractivity (Wildman–Crippen MR) is 70.8 cm³/mol. The van der Waals surface area contributed by atoms with Crippen LogP contribution >= 0.6 is 0 Å². The molecule has 0 spiro atoms. The van der Waals surface area contributed by atoms with Gasteiger partial charge in [-0.15, -0.1) is 0 Å². The molecule has 0 bridgehead atoms. The maximum atomic E-state index is 11.7. The summed E-state index contributed by atoms with van der Waals surface area (Å²) in [6.45, 7) is 2.04. The van der Waals surface area contributed by atoms with Crippen molar-refractivity contribution in [2.45, 2.75) is 32.3 Å². The summed E-state index contributed by atoms with van der Waals surface area (Å²) >= 11 is 0. The van der Waals surface area contributed by atoms with Gasteiger partial charge in [-0.25, -0.2) is 4.98 Å². The number of esters is 1. The number of hydrogen-bond donors (Lipinski definition) is 1. The Morgan fingerprint density at radius 3 is 2.63 bits per heavy atom. The van der Waals surface area contributed by atoms with Crippen LogP contribution in [0.5, 0.6) is 5.88 Å². The Kier molecular flexibility index (Phi) is 6.29. The zero-order valence-electron chi connectivity index (χ0n) is 11.6. The van der Waals surface area contributed by atoms with Gasteiger partial charge in [-0.3, -0.25) is 4.79 Å². The van der Waals surface area contributed by atoms with Gasteiger partial charge in [0, 0.05) is 12.3 Å². The molecule has 0 aromatic carbocycles. The van der Waals surface area contributed by atoms with E-state index in [-0.39, 0.29) is 0 Å². The first-order chi connectivity index (χ1) is 9.13. The van der Waals surface area contributed by atoms with E-state index in [4.69, 9.17) is 9.47 Å². The Morgan fingerprint density at radius 2 is 2.16 bits per heavy atom. The minimum Gasteiger partial charge on any atom is -0.481 e. The second kappa shape index (κ2) is 7.74. The van der Waals surface area contributed by atoms with E-state index in [0.29, 0.717) is 17.9 Å². The van der Waals surface area contributed by atoms with Crippen LogP contribution in [-0.2, 0) is 9.53 Å². The van der Waals surface area contributed by atoms with Crippen LogP contribution in [0.4, 0.5) is 0 Å². The third kappa shape index (κ3) is 4.21. The fourth-order valence-electron chi connectivity index (χ4n) is 1.90. The summed E-state index contributed by atoms with van der Waals surface area (Å²) in [5, 5.41) is 10.3. The number of nitrogens with zero attached hydrogens (tertiary/aromatic N) is 1. The lowest BCUT2D eigenvalue weighted by molar-refractivity contribution is -0.150. The molecule has 0 aliphatic heterocycles. The molecule has 1 heterocycles. The van der Waals surface area contributed by atoms with Gasteiger partial charge in [0.25, 0.3) is 0 Å². The topological polar surface area (TPSA) is 68.7 Å². The number of methoxy groups -OCH3 is 2. The lowest BCUT2D eigenvalue weighted by Crippen LogP contribution is -2.23. The molecule has 19 heavy (non-hydrogen) atoms. The molecule has 0 aliphatic carbocycles. The highest BCUT2D eigenvalue weighted by atomic mass is 16.5. The smallest absolute Gasteiger partial charge is 0.311 e. The molecule has 2 atom stereocenters. The van der Waals surface area contributed by atoms with Crippen molar-refractivity contribution in [1.29, 1.82) is 0 Å². The molecule has 2 unspecified atom stereocenters. The molecule has 0 saturated heterocycles. The average molecular weight is 267 g/mol. The molecule has 1 aromatic heterocycles. The molecule has 1 aromatic rings. The van der Waals surface area contributed by atoms with Gasteiger partial charge in [-0.05, 0) is 18.1 Å². The summed E-state index contributed by atoms with van der Waals surface area (Å²) in [5.74, 6) is -0.476. The Hall–Kier alpha value is -1.62. The van der Waals surface area contributed by atoms with Crippen LogP contribution in [0, 0.1) is 5.92 Å². The monoisotopic (exact) mass is 267 g/mol. The molecule has 0 amide bonds. The van der Waals surface area contributed by atoms with Crippen molar-refractivity contribution >= 4 is 5.97 Å². The van der Waals surface area contributed by atoms with E-state index < -0.39 is 18.0 Å². The number of carbonyl (C=O) groups is 1. The lowest BCUT2D eigenvalue weighted by Gasteiger charge is -2.20. The summed E-state index contributed by atoms with van der Waals surface area (Å²) < 4.78 is 9.71. The van der Waals surface area contributed by atoms with Gasteiger partial charge in [0.2, 0.25) is 5.88 Å². The van der Waals surface area contributed by atoms with E-state index in [0.717, 1.165) is 12.8 Å². The van der Waals surface area contributed by atoms with Gasteiger partial charge in [0.05, 0.1) is 26.2 Å². The minimum atomic E-state index is -0.905. The lowest BCUT2D eigenvalue weighted by atomic mass is 9.92. The highest BCUT2D eigenvalue weighted by Gasteiger charge is 2.28. The van der Waals surface area contributed by atoms with Crippen molar-refractivity contribution in [3.8, 4) is 5.88 Å². The molecule has 1 rings (SSSR count). The summed E-state index contributed by atoms with van der Waals surface area (Å²) in [6.07, 6.45) is 3.03. The number of rotatable bonds is 7. The molecule has 0 fully saturated rings. The van der Waals surface area contributed by atoms with Crippen molar-refractivity contribution in [3.63, 3.8) is 0 Å². The van der Waals surface area contributed by atoms with Gasteiger partial charge in [-0.1, -0.05) is 19.8 Å². The Bertz CT molecular complexity index is 391. The van der Waals surface area contributed by atoms with Gasteiger partial charge < -0.3 is 14.6 Å². The van der Waals surface area contributed by atoms with Crippen molar-refractivity contribution in [3.05, 3.63) is 23.9 Å². The van der Waals surface area contributed by atoms with Crippen LogP contribution in [0.15, 0.2) is 18.3 Å². The molecular formula is C14H21NO4. The summed E-state index contributed by atoms with van der Waals surface area (Å²) in [4.78, 5) is 15.8. The van der Waals surface area contributed by atoms with Gasteiger partial charge in [0.1, 0.15) is 0 Å². The normalized spacial score (nSPS) is 13.7. The Balaban J connectivity index is 2.84. The van der Waals surface area contributed by atoms with E-state index >= 15 is 0 Å². The Morgan fingerprint density at radius 1 is 1.42 bits per heavy atom. The zero-order valence-corrected chi connectivity index (χ0v) is 11.6. The number of aliphatic hydroxyl groups is 1. The maximum absolute atomic E-state index is 11.7. The quantitative estimate of drug-likeness (QED) is 0.766. The largest absolute Gasteiger partial charge is 0.481 e. The van der Waals surface area contributed by atoms with E-state index in [9.17, 15) is 9.90 Å². The highest BCUT2D eigenvalue weighted by Crippen LogP contribution is 2.27. The first kappa shape index (κ1) is 15.4. The first-order valence-electron chi connectivity index (χ1n) is 6.39. The van der Waals surface area contributed by atoms with Crippen LogP contribution < -0.4 is 4.74 Å². The van der Waals surface area contributed by atoms with E-state index in [1.165, 1.54) is 20.4 Å². The fraction of sp³-hybridized carbons (Fsp3) is 0.571. The van der Waals surface area contributed by atoms with Gasteiger partial charge in [-0.2, -0.15) is 0 Å². The zero-order chi connectivity index (χ0) is 14.3. The van der Waals surface area contributed by atoms with Crippen molar-refractivity contribution in [1.82, 2.24) is 4.98 Å². The van der Waals surface area contributed by atoms with Crippen molar-refractivity contribution in [2.24, 2.45) is 5.92 Å². The SMILES string of the molecule is CCCCC(C(=O)OC)C(O)c1ccc(OC)nc1. The third-order valence-electron chi connectivity index (χ3n) is 3.06. The maximum Gasteiger partial charge on any atom is 0.311 e. The first-order valence-corrected chi connectivity index (χ1v) is 6.39. The molecular weight excluding hydrogens is 246 g/mol. The van der Waals surface area contributed by atoms with Crippen LogP contribution in [0.1, 0.15) is 37.9 Å². The number of hydrogen-bond acceptors (Lipinski definition) is 5. The van der Waals surface area contributed by atoms with Crippen molar-refractivity contribution < 1.29 is 19.4 Å². The van der Waals surface area contributed by atoms with Crippen LogP contribution in [-0.4, -0.2) is 30.3 Å². The number of aliphatic hydroxyl groups excluding tert-OH is 1. The predicted octanol–water partition coefficient (Wildman–Crippen LogP) is 2.10. The number of ether oxygens (including phenoxy) is 2. The van der Waals surface area contributed by atoms with E-state index in [1.54, 1.807) is 12.1 Å². The number of pyridine rings is 1. The van der Waals surface area contributed by atoms with E-state index in [1.807, 2.05) is 6.92 Å². The second-order valence-corrected chi connectivity index (χ2v) is 4.35. The number of unbranched alkanes of at least 4 members (excludes halogenated alkanes) is 1. The second-order valence-electron chi connectivity index (χ2n) is 4.35. The van der Waals surface area contributed by atoms with Gasteiger partial charge >= 0.3 is 5.97 Å². The molecule has 0 aliphatic rings. The summed E-state index contributed by atoms with van der Waals surface area (Å²) in [6, 6.07) is 3.37. The Labute approximate surface area is 113 Å². The minimum absolute atomic E-state index is 0.392.